The average Bonchev–Trinajstić information content (AvgIpc) is 2.30. The van der Waals surface area contributed by atoms with Crippen LogP contribution in [0, 0.1) is 17.8 Å². The van der Waals surface area contributed by atoms with Gasteiger partial charge in [0.05, 0.1) is 0 Å². The van der Waals surface area contributed by atoms with Gasteiger partial charge in [-0.1, -0.05) is 34.1 Å². The second-order valence-electron chi connectivity index (χ2n) is 6.63. The van der Waals surface area contributed by atoms with Crippen molar-refractivity contribution < 1.29 is 0 Å². The minimum absolute atomic E-state index is 0.757. The van der Waals surface area contributed by atoms with Gasteiger partial charge in [-0.2, -0.15) is 0 Å². The van der Waals surface area contributed by atoms with Gasteiger partial charge >= 0.3 is 0 Å². The zero-order valence-corrected chi connectivity index (χ0v) is 13.2. The van der Waals surface area contributed by atoms with E-state index in [0.717, 1.165) is 30.3 Å². The number of hydrogen-bond acceptors (Lipinski definition) is 2. The monoisotopic (exact) mass is 254 g/mol. The van der Waals surface area contributed by atoms with Crippen molar-refractivity contribution >= 4 is 0 Å². The summed E-state index contributed by atoms with van der Waals surface area (Å²) in [5.74, 6) is 2.60. The highest BCUT2D eigenvalue weighted by molar-refractivity contribution is 4.85. The summed E-state index contributed by atoms with van der Waals surface area (Å²) in [6.07, 6.45) is 5.60. The Morgan fingerprint density at radius 1 is 1.22 bits per heavy atom. The molecule has 0 aromatic carbocycles. The van der Waals surface area contributed by atoms with E-state index in [2.05, 4.69) is 45.0 Å². The second-order valence-corrected chi connectivity index (χ2v) is 6.63. The molecule has 0 heterocycles. The van der Waals surface area contributed by atoms with E-state index < -0.39 is 0 Å². The van der Waals surface area contributed by atoms with Gasteiger partial charge in [-0.25, -0.2) is 0 Å². The van der Waals surface area contributed by atoms with Crippen molar-refractivity contribution in [3.05, 3.63) is 0 Å². The van der Waals surface area contributed by atoms with Crippen molar-refractivity contribution in [2.24, 2.45) is 17.8 Å². The fourth-order valence-corrected chi connectivity index (χ4v) is 3.56. The Hall–Kier alpha value is -0.0800. The van der Waals surface area contributed by atoms with Crippen LogP contribution in [0.2, 0.25) is 0 Å². The summed E-state index contributed by atoms with van der Waals surface area (Å²) in [7, 11) is 2.29. The Bertz CT molecular complexity index is 215. The zero-order chi connectivity index (χ0) is 13.5. The molecule has 3 unspecified atom stereocenters. The highest BCUT2D eigenvalue weighted by Gasteiger charge is 2.29. The number of nitrogens with one attached hydrogen (secondary N) is 1. The number of rotatable bonds is 7. The van der Waals surface area contributed by atoms with Gasteiger partial charge < -0.3 is 10.2 Å². The van der Waals surface area contributed by atoms with E-state index >= 15 is 0 Å². The lowest BCUT2D eigenvalue weighted by Crippen LogP contribution is -2.45. The maximum atomic E-state index is 3.71. The third-order valence-corrected chi connectivity index (χ3v) is 4.36. The van der Waals surface area contributed by atoms with Crippen LogP contribution in [-0.2, 0) is 0 Å². The highest BCUT2D eigenvalue weighted by atomic mass is 15.1. The van der Waals surface area contributed by atoms with Crippen molar-refractivity contribution in [2.75, 3.05) is 26.7 Å². The van der Waals surface area contributed by atoms with Crippen LogP contribution in [0.25, 0.3) is 0 Å². The summed E-state index contributed by atoms with van der Waals surface area (Å²) >= 11 is 0. The predicted octanol–water partition coefficient (Wildman–Crippen LogP) is 3.38. The Balaban J connectivity index is 2.49. The summed E-state index contributed by atoms with van der Waals surface area (Å²) in [5, 5.41) is 3.71. The molecule has 2 heteroatoms. The molecule has 0 amide bonds. The number of hydrogen-bond donors (Lipinski definition) is 1. The average molecular weight is 254 g/mol. The Morgan fingerprint density at radius 3 is 2.50 bits per heavy atom. The van der Waals surface area contributed by atoms with Gasteiger partial charge in [0.2, 0.25) is 0 Å². The molecule has 1 aliphatic rings. The van der Waals surface area contributed by atoms with E-state index in [0.29, 0.717) is 0 Å². The van der Waals surface area contributed by atoms with Gasteiger partial charge in [-0.05, 0) is 50.6 Å². The zero-order valence-electron chi connectivity index (χ0n) is 13.2. The van der Waals surface area contributed by atoms with Gasteiger partial charge in [-0.3, -0.25) is 0 Å². The summed E-state index contributed by atoms with van der Waals surface area (Å²) in [6.45, 7) is 12.8. The van der Waals surface area contributed by atoms with E-state index in [9.17, 15) is 0 Å². The van der Waals surface area contributed by atoms with E-state index in [4.69, 9.17) is 0 Å². The third kappa shape index (κ3) is 5.27. The van der Waals surface area contributed by atoms with E-state index in [1.54, 1.807) is 0 Å². The third-order valence-electron chi connectivity index (χ3n) is 4.36. The van der Waals surface area contributed by atoms with Gasteiger partial charge in [0, 0.05) is 19.1 Å². The van der Waals surface area contributed by atoms with E-state index in [1.165, 1.54) is 38.8 Å². The van der Waals surface area contributed by atoms with E-state index in [-0.39, 0.29) is 0 Å². The maximum absolute atomic E-state index is 3.71. The standard InChI is InChI=1S/C16H34N2/c1-6-14-8-9-16(17-7-2)15(10-14)12-18(5)11-13(3)4/h13-17H,6-12H2,1-5H3. The molecule has 3 atom stereocenters. The molecule has 0 spiro atoms. The van der Waals surface area contributed by atoms with Gasteiger partial charge in [-0.15, -0.1) is 0 Å². The molecule has 0 bridgehead atoms. The van der Waals surface area contributed by atoms with Crippen molar-refractivity contribution in [2.45, 2.75) is 59.4 Å². The van der Waals surface area contributed by atoms with Crippen LogP contribution in [0.15, 0.2) is 0 Å². The van der Waals surface area contributed by atoms with Crippen LogP contribution in [0.1, 0.15) is 53.4 Å². The SMILES string of the molecule is CCNC1CCC(CC)CC1CN(C)CC(C)C. The topological polar surface area (TPSA) is 15.3 Å². The van der Waals surface area contributed by atoms with Gasteiger partial charge in [0.1, 0.15) is 0 Å². The van der Waals surface area contributed by atoms with Gasteiger partial charge in [0.25, 0.3) is 0 Å². The Labute approximate surface area is 115 Å². The molecule has 108 valence electrons. The largest absolute Gasteiger partial charge is 0.314 e. The molecule has 0 saturated heterocycles. The molecule has 1 aliphatic carbocycles. The lowest BCUT2D eigenvalue weighted by molar-refractivity contribution is 0.146. The van der Waals surface area contributed by atoms with Crippen LogP contribution in [0.3, 0.4) is 0 Å². The summed E-state index contributed by atoms with van der Waals surface area (Å²) in [5.41, 5.74) is 0. The first-order chi connectivity index (χ1) is 8.56. The van der Waals surface area contributed by atoms with E-state index in [1.807, 2.05) is 0 Å². The van der Waals surface area contributed by atoms with Crippen LogP contribution >= 0.6 is 0 Å². The summed E-state index contributed by atoms with van der Waals surface area (Å²) in [6, 6.07) is 0.757. The molecule has 0 aromatic heterocycles. The molecule has 0 radical (unpaired) electrons. The lowest BCUT2D eigenvalue weighted by Gasteiger charge is -2.38. The fourth-order valence-electron chi connectivity index (χ4n) is 3.56. The minimum Gasteiger partial charge on any atom is -0.314 e. The number of nitrogens with zero attached hydrogens (tertiary/aromatic N) is 1. The quantitative estimate of drug-likeness (QED) is 0.749. The molecule has 1 N–H and O–H groups in total. The van der Waals surface area contributed by atoms with Crippen LogP contribution in [0.4, 0.5) is 0 Å². The molecule has 1 rings (SSSR count). The van der Waals surface area contributed by atoms with Crippen molar-refractivity contribution in [3.8, 4) is 0 Å². The van der Waals surface area contributed by atoms with Crippen molar-refractivity contribution in [1.82, 2.24) is 10.2 Å². The summed E-state index contributed by atoms with van der Waals surface area (Å²) in [4.78, 5) is 2.54. The minimum atomic E-state index is 0.757. The molecular formula is C16H34N2. The molecule has 2 nitrogen and oxygen atoms in total. The second kappa shape index (κ2) is 8.16. The molecule has 1 fully saturated rings. The summed E-state index contributed by atoms with van der Waals surface area (Å²) < 4.78 is 0. The van der Waals surface area contributed by atoms with Crippen molar-refractivity contribution in [3.63, 3.8) is 0 Å². The molecule has 0 aliphatic heterocycles. The first-order valence-electron chi connectivity index (χ1n) is 7.98. The van der Waals surface area contributed by atoms with Crippen molar-refractivity contribution in [1.29, 1.82) is 0 Å². The van der Waals surface area contributed by atoms with Crippen LogP contribution in [0.5, 0.6) is 0 Å². The first-order valence-corrected chi connectivity index (χ1v) is 7.98. The first kappa shape index (κ1) is 16.0. The smallest absolute Gasteiger partial charge is 0.0108 e. The molecular weight excluding hydrogens is 220 g/mol. The van der Waals surface area contributed by atoms with Crippen LogP contribution < -0.4 is 5.32 Å². The van der Waals surface area contributed by atoms with Crippen LogP contribution in [-0.4, -0.2) is 37.6 Å². The molecule has 0 aromatic rings. The molecule has 1 saturated carbocycles. The van der Waals surface area contributed by atoms with Gasteiger partial charge in [0.15, 0.2) is 0 Å². The normalized spacial score (nSPS) is 29.2. The Morgan fingerprint density at radius 2 is 1.94 bits per heavy atom. The predicted molar refractivity (Wildman–Crippen MR) is 80.9 cm³/mol. The highest BCUT2D eigenvalue weighted by Crippen LogP contribution is 2.31. The Kier molecular flexibility index (Phi) is 7.25. The lowest BCUT2D eigenvalue weighted by atomic mass is 9.76. The maximum Gasteiger partial charge on any atom is 0.0108 e. The fraction of sp³-hybridized carbons (Fsp3) is 1.00. The molecule has 18 heavy (non-hydrogen) atoms.